The van der Waals surface area contributed by atoms with E-state index in [2.05, 4.69) is 27.1 Å². The summed E-state index contributed by atoms with van der Waals surface area (Å²) in [6.07, 6.45) is 1.88. The topological polar surface area (TPSA) is 41.1 Å². The van der Waals surface area contributed by atoms with E-state index in [1.54, 1.807) is 0 Å². The second kappa shape index (κ2) is 4.14. The second-order valence-corrected chi connectivity index (χ2v) is 4.15. The van der Waals surface area contributed by atoms with E-state index in [4.69, 9.17) is 0 Å². The fourth-order valence-corrected chi connectivity index (χ4v) is 1.85. The molecule has 1 atom stereocenters. The second-order valence-electron chi connectivity index (χ2n) is 4.15. The quantitative estimate of drug-likeness (QED) is 0.741. The van der Waals surface area contributed by atoms with Crippen molar-refractivity contribution >= 4 is 5.82 Å². The van der Waals surface area contributed by atoms with Gasteiger partial charge in [0.25, 0.3) is 0 Å². The van der Waals surface area contributed by atoms with Gasteiger partial charge in [0, 0.05) is 25.7 Å². The molecule has 2 rings (SSSR count). The van der Waals surface area contributed by atoms with Gasteiger partial charge in [0.2, 0.25) is 0 Å². The zero-order valence-electron chi connectivity index (χ0n) is 9.62. The molecule has 1 aromatic rings. The third kappa shape index (κ3) is 2.09. The summed E-state index contributed by atoms with van der Waals surface area (Å²) < 4.78 is 0. The molecule has 4 heteroatoms. The fourth-order valence-electron chi connectivity index (χ4n) is 1.85. The Morgan fingerprint density at radius 2 is 2.20 bits per heavy atom. The molecular formula is C11H18N4. The predicted molar refractivity (Wildman–Crippen MR) is 61.2 cm³/mol. The van der Waals surface area contributed by atoms with Crippen LogP contribution in [0.1, 0.15) is 18.3 Å². The molecule has 4 nitrogen and oxygen atoms in total. The molecule has 0 aromatic carbocycles. The normalized spacial score (nSPS) is 21.8. The summed E-state index contributed by atoms with van der Waals surface area (Å²) in [6.45, 7) is 9.28. The molecule has 0 saturated carbocycles. The van der Waals surface area contributed by atoms with Crippen LogP contribution in [0.4, 0.5) is 5.82 Å². The molecule has 1 unspecified atom stereocenters. The standard InChI is InChI=1S/C11H18N4/c1-8-6-12-4-5-15(8)11-7-13-9(2)10(3)14-11/h7-8,12H,4-6H2,1-3H3. The van der Waals surface area contributed by atoms with Gasteiger partial charge in [-0.15, -0.1) is 0 Å². The van der Waals surface area contributed by atoms with Gasteiger partial charge in [-0.3, -0.25) is 4.98 Å². The number of aryl methyl sites for hydroxylation is 2. The van der Waals surface area contributed by atoms with Crippen molar-refractivity contribution in [3.63, 3.8) is 0 Å². The van der Waals surface area contributed by atoms with Crippen molar-refractivity contribution < 1.29 is 0 Å². The number of hydrogen-bond acceptors (Lipinski definition) is 4. The molecule has 0 amide bonds. The highest BCUT2D eigenvalue weighted by Gasteiger charge is 2.19. The first kappa shape index (κ1) is 10.4. The molecule has 0 spiro atoms. The lowest BCUT2D eigenvalue weighted by Crippen LogP contribution is -2.50. The van der Waals surface area contributed by atoms with Crippen molar-refractivity contribution in [2.45, 2.75) is 26.8 Å². The minimum atomic E-state index is 0.496. The number of piperazine rings is 1. The Hall–Kier alpha value is -1.16. The first-order valence-electron chi connectivity index (χ1n) is 5.46. The molecule has 1 saturated heterocycles. The molecule has 1 aromatic heterocycles. The van der Waals surface area contributed by atoms with Gasteiger partial charge in [0.1, 0.15) is 5.82 Å². The third-order valence-electron chi connectivity index (χ3n) is 2.98. The highest BCUT2D eigenvalue weighted by molar-refractivity contribution is 5.39. The zero-order chi connectivity index (χ0) is 10.8. The predicted octanol–water partition coefficient (Wildman–Crippen LogP) is 0.892. The average Bonchev–Trinajstić information content (AvgIpc) is 2.23. The van der Waals surface area contributed by atoms with E-state index in [1.165, 1.54) is 0 Å². The Morgan fingerprint density at radius 1 is 1.40 bits per heavy atom. The summed E-state index contributed by atoms with van der Waals surface area (Å²) >= 11 is 0. The summed E-state index contributed by atoms with van der Waals surface area (Å²) in [4.78, 5) is 11.3. The lowest BCUT2D eigenvalue weighted by atomic mass is 10.2. The highest BCUT2D eigenvalue weighted by atomic mass is 15.3. The van der Waals surface area contributed by atoms with Gasteiger partial charge in [-0.25, -0.2) is 4.98 Å². The number of nitrogens with zero attached hydrogens (tertiary/aromatic N) is 3. The summed E-state index contributed by atoms with van der Waals surface area (Å²) in [5.74, 6) is 1.01. The highest BCUT2D eigenvalue weighted by Crippen LogP contribution is 2.15. The van der Waals surface area contributed by atoms with Crippen molar-refractivity contribution in [1.82, 2.24) is 15.3 Å². The number of nitrogens with one attached hydrogen (secondary N) is 1. The molecule has 1 aliphatic rings. The van der Waals surface area contributed by atoms with E-state index in [0.717, 1.165) is 36.8 Å². The van der Waals surface area contributed by atoms with Crippen LogP contribution in [0.3, 0.4) is 0 Å². The van der Waals surface area contributed by atoms with E-state index >= 15 is 0 Å². The maximum Gasteiger partial charge on any atom is 0.147 e. The van der Waals surface area contributed by atoms with E-state index in [9.17, 15) is 0 Å². The fraction of sp³-hybridized carbons (Fsp3) is 0.636. The van der Waals surface area contributed by atoms with E-state index < -0.39 is 0 Å². The average molecular weight is 206 g/mol. The largest absolute Gasteiger partial charge is 0.350 e. The molecule has 0 aliphatic carbocycles. The van der Waals surface area contributed by atoms with Crippen molar-refractivity contribution in [1.29, 1.82) is 0 Å². The van der Waals surface area contributed by atoms with Gasteiger partial charge in [-0.2, -0.15) is 0 Å². The molecule has 1 N–H and O–H groups in total. The lowest BCUT2D eigenvalue weighted by molar-refractivity contribution is 0.496. The van der Waals surface area contributed by atoms with Crippen molar-refractivity contribution in [3.8, 4) is 0 Å². The van der Waals surface area contributed by atoms with Crippen LogP contribution in [-0.2, 0) is 0 Å². The first-order valence-corrected chi connectivity index (χ1v) is 5.46. The maximum absolute atomic E-state index is 4.58. The maximum atomic E-state index is 4.58. The Labute approximate surface area is 90.7 Å². The number of anilines is 1. The molecule has 1 aliphatic heterocycles. The van der Waals surface area contributed by atoms with Gasteiger partial charge in [-0.1, -0.05) is 0 Å². The first-order chi connectivity index (χ1) is 7.18. The molecule has 82 valence electrons. The van der Waals surface area contributed by atoms with Crippen LogP contribution in [0, 0.1) is 13.8 Å². The van der Waals surface area contributed by atoms with Crippen LogP contribution in [0.15, 0.2) is 6.20 Å². The molecule has 1 fully saturated rings. The van der Waals surface area contributed by atoms with Crippen LogP contribution in [0.25, 0.3) is 0 Å². The Kier molecular flexibility index (Phi) is 2.86. The summed E-state index contributed by atoms with van der Waals surface area (Å²) in [7, 11) is 0. The van der Waals surface area contributed by atoms with Crippen LogP contribution >= 0.6 is 0 Å². The van der Waals surface area contributed by atoms with Crippen molar-refractivity contribution in [3.05, 3.63) is 17.6 Å². The van der Waals surface area contributed by atoms with Gasteiger partial charge in [0.15, 0.2) is 0 Å². The molecular weight excluding hydrogens is 188 g/mol. The van der Waals surface area contributed by atoms with Crippen molar-refractivity contribution in [2.75, 3.05) is 24.5 Å². The van der Waals surface area contributed by atoms with E-state index in [0.29, 0.717) is 6.04 Å². The van der Waals surface area contributed by atoms with Crippen LogP contribution < -0.4 is 10.2 Å². The Bertz CT molecular complexity index is 350. The van der Waals surface area contributed by atoms with Crippen LogP contribution in [-0.4, -0.2) is 35.6 Å². The van der Waals surface area contributed by atoms with Gasteiger partial charge < -0.3 is 10.2 Å². The minimum absolute atomic E-state index is 0.496. The number of rotatable bonds is 1. The Balaban J connectivity index is 2.24. The molecule has 0 radical (unpaired) electrons. The SMILES string of the molecule is Cc1ncc(N2CCNCC2C)nc1C. The summed E-state index contributed by atoms with van der Waals surface area (Å²) in [5, 5.41) is 3.37. The minimum Gasteiger partial charge on any atom is -0.350 e. The van der Waals surface area contributed by atoms with Gasteiger partial charge in [-0.05, 0) is 20.8 Å². The molecule has 2 heterocycles. The third-order valence-corrected chi connectivity index (χ3v) is 2.98. The smallest absolute Gasteiger partial charge is 0.147 e. The number of hydrogen-bond donors (Lipinski definition) is 1. The Morgan fingerprint density at radius 3 is 2.87 bits per heavy atom. The zero-order valence-corrected chi connectivity index (χ0v) is 9.62. The van der Waals surface area contributed by atoms with Gasteiger partial charge >= 0.3 is 0 Å². The van der Waals surface area contributed by atoms with E-state index in [1.807, 2.05) is 20.0 Å². The summed E-state index contributed by atoms with van der Waals surface area (Å²) in [5.41, 5.74) is 2.04. The van der Waals surface area contributed by atoms with E-state index in [-0.39, 0.29) is 0 Å². The molecule has 15 heavy (non-hydrogen) atoms. The van der Waals surface area contributed by atoms with Crippen LogP contribution in [0.5, 0.6) is 0 Å². The lowest BCUT2D eigenvalue weighted by Gasteiger charge is -2.34. The van der Waals surface area contributed by atoms with Gasteiger partial charge in [0.05, 0.1) is 17.6 Å². The monoisotopic (exact) mass is 206 g/mol. The van der Waals surface area contributed by atoms with Crippen LogP contribution in [0.2, 0.25) is 0 Å². The number of aromatic nitrogens is 2. The summed E-state index contributed by atoms with van der Waals surface area (Å²) in [6, 6.07) is 0.496. The molecule has 0 bridgehead atoms. The van der Waals surface area contributed by atoms with Crippen molar-refractivity contribution in [2.24, 2.45) is 0 Å².